The monoisotopic (exact) mass is 404 g/mol. The Hall–Kier alpha value is -2.14. The number of esters is 1. The predicted octanol–water partition coefficient (Wildman–Crippen LogP) is 4.47. The molecule has 0 aliphatic carbocycles. The number of aryl methyl sites for hydroxylation is 2. The highest BCUT2D eigenvalue weighted by Crippen LogP contribution is 2.31. The van der Waals surface area contributed by atoms with Gasteiger partial charge in [0, 0.05) is 6.42 Å². The van der Waals surface area contributed by atoms with Crippen LogP contribution in [0.4, 0.5) is 0 Å². The van der Waals surface area contributed by atoms with E-state index in [0.29, 0.717) is 11.1 Å². The zero-order valence-electron chi connectivity index (χ0n) is 14.1. The van der Waals surface area contributed by atoms with E-state index in [9.17, 15) is 14.7 Å². The van der Waals surface area contributed by atoms with Crippen molar-refractivity contribution in [3.05, 3.63) is 63.6 Å². The average molecular weight is 405 g/mol. The number of carbonyl (C=O) groups excluding carboxylic acids is 2. The third-order valence-corrected chi connectivity index (χ3v) is 4.43. The first-order chi connectivity index (χ1) is 12.0. The normalized spacial score (nSPS) is 10.5. The SMILES string of the molecule is CCOC(=O)CCC(=O)c1cc(CCc2ccccc2)cc(Br)c1O. The summed E-state index contributed by atoms with van der Waals surface area (Å²) < 4.78 is 5.31. The molecule has 2 aromatic rings. The Morgan fingerprint density at radius 3 is 2.40 bits per heavy atom. The van der Waals surface area contributed by atoms with E-state index in [1.54, 1.807) is 13.0 Å². The number of Topliss-reactive ketones (excluding diaryl/α,β-unsaturated/α-hetero) is 1. The third-order valence-electron chi connectivity index (χ3n) is 3.83. The van der Waals surface area contributed by atoms with E-state index in [-0.39, 0.29) is 29.9 Å². The van der Waals surface area contributed by atoms with E-state index in [2.05, 4.69) is 28.1 Å². The van der Waals surface area contributed by atoms with Crippen molar-refractivity contribution in [2.75, 3.05) is 6.61 Å². The summed E-state index contributed by atoms with van der Waals surface area (Å²) in [5.41, 5.74) is 2.40. The molecule has 0 spiro atoms. The molecule has 0 radical (unpaired) electrons. The molecule has 5 heteroatoms. The molecule has 25 heavy (non-hydrogen) atoms. The van der Waals surface area contributed by atoms with E-state index in [1.807, 2.05) is 24.3 Å². The molecule has 0 saturated heterocycles. The third kappa shape index (κ3) is 5.71. The summed E-state index contributed by atoms with van der Waals surface area (Å²) >= 11 is 3.30. The van der Waals surface area contributed by atoms with Crippen LogP contribution in [0.25, 0.3) is 0 Å². The number of ketones is 1. The van der Waals surface area contributed by atoms with Crippen molar-refractivity contribution in [3.8, 4) is 5.75 Å². The number of ether oxygens (including phenoxy) is 1. The molecule has 1 N–H and O–H groups in total. The lowest BCUT2D eigenvalue weighted by Crippen LogP contribution is -2.08. The fraction of sp³-hybridized carbons (Fsp3) is 0.300. The van der Waals surface area contributed by atoms with Gasteiger partial charge in [0.2, 0.25) is 0 Å². The van der Waals surface area contributed by atoms with Crippen LogP contribution in [0.3, 0.4) is 0 Å². The number of hydrogen-bond acceptors (Lipinski definition) is 4. The van der Waals surface area contributed by atoms with Crippen molar-refractivity contribution in [3.63, 3.8) is 0 Å². The smallest absolute Gasteiger partial charge is 0.306 e. The molecule has 0 bridgehead atoms. The van der Waals surface area contributed by atoms with Gasteiger partial charge in [-0.2, -0.15) is 0 Å². The van der Waals surface area contributed by atoms with Gasteiger partial charge in [-0.3, -0.25) is 9.59 Å². The van der Waals surface area contributed by atoms with E-state index in [1.165, 1.54) is 5.56 Å². The maximum atomic E-state index is 12.4. The van der Waals surface area contributed by atoms with Crippen molar-refractivity contribution in [2.24, 2.45) is 0 Å². The molecular formula is C20H21BrO4. The second-order valence-corrected chi connectivity index (χ2v) is 6.54. The second kappa shape index (κ2) is 9.37. The fourth-order valence-electron chi connectivity index (χ4n) is 2.53. The zero-order chi connectivity index (χ0) is 18.2. The van der Waals surface area contributed by atoms with Gasteiger partial charge in [0.15, 0.2) is 5.78 Å². The van der Waals surface area contributed by atoms with Gasteiger partial charge in [0.05, 0.1) is 23.1 Å². The molecule has 4 nitrogen and oxygen atoms in total. The molecule has 0 amide bonds. The van der Waals surface area contributed by atoms with Gasteiger partial charge in [-0.1, -0.05) is 30.3 Å². The van der Waals surface area contributed by atoms with Crippen molar-refractivity contribution in [1.29, 1.82) is 0 Å². The highest BCUT2D eigenvalue weighted by molar-refractivity contribution is 9.10. The van der Waals surface area contributed by atoms with Gasteiger partial charge >= 0.3 is 5.97 Å². The molecule has 2 aromatic carbocycles. The molecule has 0 saturated carbocycles. The Labute approximate surface area is 156 Å². The van der Waals surface area contributed by atoms with E-state index < -0.39 is 5.97 Å². The van der Waals surface area contributed by atoms with Gasteiger partial charge in [-0.05, 0) is 59.0 Å². The highest BCUT2D eigenvalue weighted by atomic mass is 79.9. The van der Waals surface area contributed by atoms with Crippen molar-refractivity contribution >= 4 is 27.7 Å². The maximum Gasteiger partial charge on any atom is 0.306 e. The first-order valence-electron chi connectivity index (χ1n) is 8.25. The molecular weight excluding hydrogens is 384 g/mol. The number of phenolic OH excluding ortho intramolecular Hbond substituents is 1. The lowest BCUT2D eigenvalue weighted by atomic mass is 9.99. The Balaban J connectivity index is 2.08. The summed E-state index contributed by atoms with van der Waals surface area (Å²) in [6.07, 6.45) is 1.62. The van der Waals surface area contributed by atoms with Gasteiger partial charge in [-0.25, -0.2) is 0 Å². The topological polar surface area (TPSA) is 63.6 Å². The van der Waals surface area contributed by atoms with Crippen LogP contribution in [0.1, 0.15) is 41.3 Å². The van der Waals surface area contributed by atoms with Gasteiger partial charge in [0.1, 0.15) is 5.75 Å². The quantitative estimate of drug-likeness (QED) is 0.520. The summed E-state index contributed by atoms with van der Waals surface area (Å²) in [5.74, 6) is -0.764. The standard InChI is InChI=1S/C20H21BrO4/c1-2-25-19(23)11-10-18(22)16-12-15(13-17(21)20(16)24)9-8-14-6-4-3-5-7-14/h3-7,12-13,24H,2,8-11H2,1H3. The first kappa shape index (κ1) is 19.2. The number of halogens is 1. The van der Waals surface area contributed by atoms with Crippen molar-refractivity contribution < 1.29 is 19.4 Å². The van der Waals surface area contributed by atoms with Gasteiger partial charge < -0.3 is 9.84 Å². The van der Waals surface area contributed by atoms with Crippen LogP contribution >= 0.6 is 15.9 Å². The summed E-state index contributed by atoms with van der Waals surface area (Å²) in [6.45, 7) is 2.01. The fourth-order valence-corrected chi connectivity index (χ4v) is 3.04. The molecule has 0 aliphatic rings. The number of benzene rings is 2. The number of hydrogen-bond donors (Lipinski definition) is 1. The molecule has 0 atom stereocenters. The lowest BCUT2D eigenvalue weighted by molar-refractivity contribution is -0.143. The zero-order valence-corrected chi connectivity index (χ0v) is 15.7. The first-order valence-corrected chi connectivity index (χ1v) is 9.04. The Bertz CT molecular complexity index is 741. The number of phenols is 1. The molecule has 0 fully saturated rings. The minimum absolute atomic E-state index is 0.0119. The molecule has 0 unspecified atom stereocenters. The average Bonchev–Trinajstić information content (AvgIpc) is 2.61. The Kier molecular flexibility index (Phi) is 7.19. The minimum atomic E-state index is -0.408. The largest absolute Gasteiger partial charge is 0.506 e. The molecule has 0 aliphatic heterocycles. The summed E-state index contributed by atoms with van der Waals surface area (Å²) in [4.78, 5) is 23.8. The predicted molar refractivity (Wildman–Crippen MR) is 99.9 cm³/mol. The summed E-state index contributed by atoms with van der Waals surface area (Å²) in [6, 6.07) is 13.6. The van der Waals surface area contributed by atoms with E-state index in [4.69, 9.17) is 4.74 Å². The highest BCUT2D eigenvalue weighted by Gasteiger charge is 2.17. The molecule has 132 valence electrons. The van der Waals surface area contributed by atoms with Crippen LogP contribution < -0.4 is 0 Å². The van der Waals surface area contributed by atoms with Crippen LogP contribution in [0.15, 0.2) is 46.9 Å². The molecule has 2 rings (SSSR count). The Morgan fingerprint density at radius 2 is 1.72 bits per heavy atom. The van der Waals surface area contributed by atoms with E-state index >= 15 is 0 Å². The molecule has 0 heterocycles. The van der Waals surface area contributed by atoms with Crippen LogP contribution in [-0.2, 0) is 22.4 Å². The van der Waals surface area contributed by atoms with Crippen LogP contribution in [0.2, 0.25) is 0 Å². The number of aromatic hydroxyl groups is 1. The maximum absolute atomic E-state index is 12.4. The van der Waals surface area contributed by atoms with Gasteiger partial charge in [0.25, 0.3) is 0 Å². The second-order valence-electron chi connectivity index (χ2n) is 5.69. The lowest BCUT2D eigenvalue weighted by Gasteiger charge is -2.10. The van der Waals surface area contributed by atoms with Crippen LogP contribution in [-0.4, -0.2) is 23.5 Å². The summed E-state index contributed by atoms with van der Waals surface area (Å²) in [7, 11) is 0. The Morgan fingerprint density at radius 1 is 1.04 bits per heavy atom. The van der Waals surface area contributed by atoms with Gasteiger partial charge in [-0.15, -0.1) is 0 Å². The van der Waals surface area contributed by atoms with E-state index in [0.717, 1.165) is 18.4 Å². The van der Waals surface area contributed by atoms with Crippen LogP contribution in [0, 0.1) is 0 Å². The number of carbonyl (C=O) groups is 2. The van der Waals surface area contributed by atoms with Crippen molar-refractivity contribution in [1.82, 2.24) is 0 Å². The minimum Gasteiger partial charge on any atom is -0.506 e. The van der Waals surface area contributed by atoms with Crippen molar-refractivity contribution in [2.45, 2.75) is 32.6 Å². The van der Waals surface area contributed by atoms with Crippen LogP contribution in [0.5, 0.6) is 5.75 Å². The molecule has 0 aromatic heterocycles. The summed E-state index contributed by atoms with van der Waals surface area (Å²) in [5, 5.41) is 10.2. The number of rotatable bonds is 8.